The standard InChI is InChI=1S/C16H16N4O2/c1-11(21)17-16(12-7-9-13(22-2)10-8-12)20-15-6-4-3-5-14(15)18-19-20/h3-10,16H,1-2H3,(H,17,21)/t16-/m0/s1. The van der Waals surface area contributed by atoms with Gasteiger partial charge in [0.05, 0.1) is 12.6 Å². The van der Waals surface area contributed by atoms with E-state index < -0.39 is 6.17 Å². The molecule has 0 saturated carbocycles. The van der Waals surface area contributed by atoms with Gasteiger partial charge in [0.15, 0.2) is 6.17 Å². The van der Waals surface area contributed by atoms with Gasteiger partial charge in [-0.2, -0.15) is 0 Å². The van der Waals surface area contributed by atoms with Crippen molar-refractivity contribution in [1.82, 2.24) is 20.3 Å². The molecule has 1 aromatic heterocycles. The van der Waals surface area contributed by atoms with Crippen LogP contribution >= 0.6 is 0 Å². The highest BCUT2D eigenvalue weighted by molar-refractivity contribution is 5.76. The van der Waals surface area contributed by atoms with Crippen LogP contribution in [0.2, 0.25) is 0 Å². The minimum absolute atomic E-state index is 0.139. The van der Waals surface area contributed by atoms with Crippen LogP contribution in [-0.4, -0.2) is 28.0 Å². The fourth-order valence-electron chi connectivity index (χ4n) is 2.34. The zero-order chi connectivity index (χ0) is 15.5. The number of amides is 1. The Labute approximate surface area is 127 Å². The van der Waals surface area contributed by atoms with Crippen LogP contribution in [0.4, 0.5) is 0 Å². The van der Waals surface area contributed by atoms with E-state index in [0.29, 0.717) is 0 Å². The molecule has 0 aliphatic rings. The molecule has 0 aliphatic heterocycles. The van der Waals surface area contributed by atoms with Crippen molar-refractivity contribution in [2.45, 2.75) is 13.1 Å². The SMILES string of the molecule is COc1ccc([C@@H](NC(C)=O)n2nnc3ccccc32)cc1. The lowest BCUT2D eigenvalue weighted by Gasteiger charge is -2.19. The number of hydrogen-bond donors (Lipinski definition) is 1. The van der Waals surface area contributed by atoms with Gasteiger partial charge in [-0.05, 0) is 29.8 Å². The number of rotatable bonds is 4. The third-order valence-corrected chi connectivity index (χ3v) is 3.39. The normalized spacial score (nSPS) is 12.1. The van der Waals surface area contributed by atoms with Crippen molar-refractivity contribution in [2.24, 2.45) is 0 Å². The first-order valence-corrected chi connectivity index (χ1v) is 6.90. The van der Waals surface area contributed by atoms with Crippen molar-refractivity contribution in [2.75, 3.05) is 7.11 Å². The van der Waals surface area contributed by atoms with Crippen LogP contribution in [0.3, 0.4) is 0 Å². The van der Waals surface area contributed by atoms with E-state index >= 15 is 0 Å². The van der Waals surface area contributed by atoms with Gasteiger partial charge < -0.3 is 10.1 Å². The van der Waals surface area contributed by atoms with Gasteiger partial charge in [-0.25, -0.2) is 4.68 Å². The zero-order valence-corrected chi connectivity index (χ0v) is 12.4. The maximum Gasteiger partial charge on any atom is 0.218 e. The van der Waals surface area contributed by atoms with Crippen molar-refractivity contribution in [3.05, 3.63) is 54.1 Å². The van der Waals surface area contributed by atoms with Crippen LogP contribution in [0.1, 0.15) is 18.7 Å². The molecule has 1 amide bonds. The van der Waals surface area contributed by atoms with Gasteiger partial charge in [0.25, 0.3) is 0 Å². The summed E-state index contributed by atoms with van der Waals surface area (Å²) in [7, 11) is 1.62. The monoisotopic (exact) mass is 296 g/mol. The number of carbonyl (C=O) groups excluding carboxylic acids is 1. The largest absolute Gasteiger partial charge is 0.497 e. The van der Waals surface area contributed by atoms with Crippen molar-refractivity contribution < 1.29 is 9.53 Å². The van der Waals surface area contributed by atoms with Crippen LogP contribution in [0.5, 0.6) is 5.75 Å². The summed E-state index contributed by atoms with van der Waals surface area (Å²) < 4.78 is 6.88. The number of carbonyl (C=O) groups is 1. The first-order chi connectivity index (χ1) is 10.7. The molecule has 3 aromatic rings. The molecule has 0 aliphatic carbocycles. The Hall–Kier alpha value is -2.89. The molecule has 112 valence electrons. The fourth-order valence-corrected chi connectivity index (χ4v) is 2.34. The number of para-hydroxylation sites is 1. The van der Waals surface area contributed by atoms with E-state index in [1.807, 2.05) is 48.5 Å². The summed E-state index contributed by atoms with van der Waals surface area (Å²) in [5, 5.41) is 11.2. The second-order valence-electron chi connectivity index (χ2n) is 4.90. The summed E-state index contributed by atoms with van der Waals surface area (Å²) in [5.74, 6) is 0.620. The molecule has 6 nitrogen and oxygen atoms in total. The Morgan fingerprint density at radius 2 is 1.91 bits per heavy atom. The maximum atomic E-state index is 11.6. The second-order valence-corrected chi connectivity index (χ2v) is 4.90. The average molecular weight is 296 g/mol. The molecular formula is C16H16N4O2. The first kappa shape index (κ1) is 14.1. The molecule has 0 bridgehead atoms. The van der Waals surface area contributed by atoms with Crippen molar-refractivity contribution in [3.8, 4) is 5.75 Å². The predicted molar refractivity (Wildman–Crippen MR) is 82.5 cm³/mol. The van der Waals surface area contributed by atoms with Crippen molar-refractivity contribution in [1.29, 1.82) is 0 Å². The van der Waals surface area contributed by atoms with Crippen LogP contribution in [0, 0.1) is 0 Å². The number of nitrogens with one attached hydrogen (secondary N) is 1. The Kier molecular flexibility index (Phi) is 3.74. The van der Waals surface area contributed by atoms with E-state index in [-0.39, 0.29) is 5.91 Å². The highest BCUT2D eigenvalue weighted by Crippen LogP contribution is 2.22. The van der Waals surface area contributed by atoms with E-state index in [1.165, 1.54) is 6.92 Å². The molecule has 0 fully saturated rings. The highest BCUT2D eigenvalue weighted by atomic mass is 16.5. The third-order valence-electron chi connectivity index (χ3n) is 3.39. The Balaban J connectivity index is 2.07. The van der Waals surface area contributed by atoms with Crippen LogP contribution in [0.15, 0.2) is 48.5 Å². The summed E-state index contributed by atoms with van der Waals surface area (Å²) in [6, 6.07) is 15.1. The third kappa shape index (κ3) is 2.63. The number of hydrogen-bond acceptors (Lipinski definition) is 4. The minimum Gasteiger partial charge on any atom is -0.497 e. The van der Waals surface area contributed by atoms with E-state index in [2.05, 4.69) is 15.6 Å². The maximum absolute atomic E-state index is 11.6. The number of fused-ring (bicyclic) bond motifs is 1. The molecule has 3 rings (SSSR count). The van der Waals surface area contributed by atoms with Crippen molar-refractivity contribution in [3.63, 3.8) is 0 Å². The lowest BCUT2D eigenvalue weighted by molar-refractivity contribution is -0.119. The predicted octanol–water partition coefficient (Wildman–Crippen LogP) is 2.12. The minimum atomic E-state index is -0.421. The lowest BCUT2D eigenvalue weighted by Crippen LogP contribution is -2.32. The Morgan fingerprint density at radius 1 is 1.18 bits per heavy atom. The van der Waals surface area contributed by atoms with E-state index in [9.17, 15) is 4.79 Å². The van der Waals surface area contributed by atoms with Crippen molar-refractivity contribution >= 4 is 16.9 Å². The van der Waals surface area contributed by atoms with Gasteiger partial charge in [-0.3, -0.25) is 4.79 Å². The summed E-state index contributed by atoms with van der Waals surface area (Å²) in [4.78, 5) is 11.6. The fraction of sp³-hybridized carbons (Fsp3) is 0.188. The second kappa shape index (κ2) is 5.85. The number of aromatic nitrogens is 3. The quantitative estimate of drug-likeness (QED) is 0.800. The molecule has 0 spiro atoms. The molecule has 6 heteroatoms. The summed E-state index contributed by atoms with van der Waals surface area (Å²) in [5.41, 5.74) is 2.54. The van der Waals surface area contributed by atoms with Gasteiger partial charge in [0.2, 0.25) is 5.91 Å². The van der Waals surface area contributed by atoms with E-state index in [0.717, 1.165) is 22.3 Å². The molecule has 1 heterocycles. The molecule has 1 N–H and O–H groups in total. The van der Waals surface area contributed by atoms with Gasteiger partial charge in [0.1, 0.15) is 11.3 Å². The number of methoxy groups -OCH3 is 1. The first-order valence-electron chi connectivity index (χ1n) is 6.90. The van der Waals surface area contributed by atoms with Crippen LogP contribution in [-0.2, 0) is 4.79 Å². The number of ether oxygens (including phenoxy) is 1. The van der Waals surface area contributed by atoms with Crippen LogP contribution in [0.25, 0.3) is 11.0 Å². The Morgan fingerprint density at radius 3 is 2.59 bits per heavy atom. The molecule has 22 heavy (non-hydrogen) atoms. The smallest absolute Gasteiger partial charge is 0.218 e. The summed E-state index contributed by atoms with van der Waals surface area (Å²) in [6.07, 6.45) is -0.421. The molecule has 2 aromatic carbocycles. The highest BCUT2D eigenvalue weighted by Gasteiger charge is 2.18. The topological polar surface area (TPSA) is 69.0 Å². The lowest BCUT2D eigenvalue weighted by atomic mass is 10.1. The van der Waals surface area contributed by atoms with Crippen LogP contribution < -0.4 is 10.1 Å². The Bertz CT molecular complexity index is 795. The average Bonchev–Trinajstić information content (AvgIpc) is 2.96. The van der Waals surface area contributed by atoms with Gasteiger partial charge in [-0.1, -0.05) is 29.5 Å². The number of nitrogens with zero attached hydrogens (tertiary/aromatic N) is 3. The molecule has 1 atom stereocenters. The summed E-state index contributed by atoms with van der Waals surface area (Å²) >= 11 is 0. The van der Waals surface area contributed by atoms with Gasteiger partial charge >= 0.3 is 0 Å². The van der Waals surface area contributed by atoms with E-state index in [1.54, 1.807) is 11.8 Å². The van der Waals surface area contributed by atoms with Gasteiger partial charge in [0, 0.05) is 6.92 Å². The molecule has 0 radical (unpaired) electrons. The zero-order valence-electron chi connectivity index (χ0n) is 12.4. The van der Waals surface area contributed by atoms with E-state index in [4.69, 9.17) is 4.74 Å². The van der Waals surface area contributed by atoms with Gasteiger partial charge in [-0.15, -0.1) is 5.10 Å². The number of benzene rings is 2. The molecule has 0 unspecified atom stereocenters. The molecule has 0 saturated heterocycles. The molecular weight excluding hydrogens is 280 g/mol. The summed E-state index contributed by atoms with van der Waals surface area (Å²) in [6.45, 7) is 1.48.